The lowest BCUT2D eigenvalue weighted by molar-refractivity contribution is 0.0890. The molecule has 1 amide bonds. The summed E-state index contributed by atoms with van der Waals surface area (Å²) < 4.78 is 5.04. The van der Waals surface area contributed by atoms with Gasteiger partial charge in [-0.2, -0.15) is 0 Å². The summed E-state index contributed by atoms with van der Waals surface area (Å²) in [7, 11) is 1.59. The molecule has 1 aromatic rings. The first-order valence-electron chi connectivity index (χ1n) is 6.07. The Hall–Kier alpha value is -1.62. The van der Waals surface area contributed by atoms with Crippen LogP contribution >= 0.6 is 0 Å². The number of carbonyl (C=O) groups excluding carboxylic acids is 1. The molecular weight excluding hydrogens is 232 g/mol. The minimum absolute atomic E-state index is 0.0618. The predicted molar refractivity (Wildman–Crippen MR) is 69.8 cm³/mol. The number of rotatable bonds is 6. The lowest BCUT2D eigenvalue weighted by atomic mass is 10.1. The Balaban J connectivity index is 2.77. The molecule has 5 nitrogen and oxygen atoms in total. The highest BCUT2D eigenvalue weighted by molar-refractivity contribution is 5.93. The van der Waals surface area contributed by atoms with Gasteiger partial charge in [-0.1, -0.05) is 13.3 Å². The molecule has 0 aromatic carbocycles. The van der Waals surface area contributed by atoms with E-state index in [-0.39, 0.29) is 22.9 Å². The highest BCUT2D eigenvalue weighted by Gasteiger charge is 2.15. The molecule has 0 aliphatic rings. The highest BCUT2D eigenvalue weighted by atomic mass is 16.5. The molecule has 100 valence electrons. The van der Waals surface area contributed by atoms with Crippen molar-refractivity contribution >= 4 is 5.91 Å². The van der Waals surface area contributed by atoms with Crippen LogP contribution in [0.25, 0.3) is 0 Å². The number of hydrogen-bond donors (Lipinski definition) is 2. The van der Waals surface area contributed by atoms with E-state index in [1.807, 2.05) is 6.92 Å². The van der Waals surface area contributed by atoms with Gasteiger partial charge in [0.2, 0.25) is 0 Å². The molecule has 1 heterocycles. The van der Waals surface area contributed by atoms with Crippen molar-refractivity contribution in [3.63, 3.8) is 0 Å². The Morgan fingerprint density at radius 2 is 2.28 bits per heavy atom. The van der Waals surface area contributed by atoms with Crippen molar-refractivity contribution < 1.29 is 9.53 Å². The van der Waals surface area contributed by atoms with Crippen LogP contribution < -0.4 is 10.7 Å². The van der Waals surface area contributed by atoms with Gasteiger partial charge in [-0.25, -0.2) is 0 Å². The van der Waals surface area contributed by atoms with Gasteiger partial charge in [0.25, 0.3) is 5.91 Å². The number of methoxy groups -OCH3 is 1. The van der Waals surface area contributed by atoms with Crippen LogP contribution in [0.2, 0.25) is 0 Å². The molecule has 0 fully saturated rings. The van der Waals surface area contributed by atoms with E-state index in [1.165, 1.54) is 12.3 Å². The zero-order chi connectivity index (χ0) is 13.5. The van der Waals surface area contributed by atoms with E-state index in [4.69, 9.17) is 4.74 Å². The fourth-order valence-corrected chi connectivity index (χ4v) is 1.76. The van der Waals surface area contributed by atoms with Crippen LogP contribution in [0.5, 0.6) is 0 Å². The minimum Gasteiger partial charge on any atom is -0.383 e. The lowest BCUT2D eigenvalue weighted by Gasteiger charge is -2.16. The van der Waals surface area contributed by atoms with Gasteiger partial charge in [0.05, 0.1) is 12.6 Å². The van der Waals surface area contributed by atoms with E-state index in [2.05, 4.69) is 10.3 Å². The second-order valence-corrected chi connectivity index (χ2v) is 4.31. The summed E-state index contributed by atoms with van der Waals surface area (Å²) in [4.78, 5) is 26.5. The summed E-state index contributed by atoms with van der Waals surface area (Å²) in [6.45, 7) is 4.25. The zero-order valence-electron chi connectivity index (χ0n) is 11.1. The van der Waals surface area contributed by atoms with Crippen LogP contribution in [-0.4, -0.2) is 30.6 Å². The number of ether oxygens (including phenoxy) is 1. The molecule has 2 N–H and O–H groups in total. The smallest absolute Gasteiger partial charge is 0.257 e. The minimum atomic E-state index is -0.355. The third-order valence-corrected chi connectivity index (χ3v) is 2.64. The van der Waals surface area contributed by atoms with Crippen LogP contribution in [0, 0.1) is 6.92 Å². The monoisotopic (exact) mass is 252 g/mol. The van der Waals surface area contributed by atoms with E-state index >= 15 is 0 Å². The SMILES string of the molecule is CCCC(COC)NC(=O)c1c[nH]c(C)cc1=O. The van der Waals surface area contributed by atoms with Gasteiger partial charge in [0.1, 0.15) is 5.56 Å². The number of pyridine rings is 1. The molecule has 0 saturated heterocycles. The molecule has 18 heavy (non-hydrogen) atoms. The Morgan fingerprint density at radius 3 is 2.83 bits per heavy atom. The Kier molecular flexibility index (Phi) is 5.58. The Morgan fingerprint density at radius 1 is 1.56 bits per heavy atom. The molecule has 0 aliphatic carbocycles. The maximum Gasteiger partial charge on any atom is 0.257 e. The lowest BCUT2D eigenvalue weighted by Crippen LogP contribution is -2.39. The van der Waals surface area contributed by atoms with E-state index < -0.39 is 0 Å². The number of nitrogens with one attached hydrogen (secondary N) is 2. The molecule has 0 aliphatic heterocycles. The zero-order valence-corrected chi connectivity index (χ0v) is 11.1. The van der Waals surface area contributed by atoms with Crippen LogP contribution in [0.1, 0.15) is 35.8 Å². The van der Waals surface area contributed by atoms with E-state index in [9.17, 15) is 9.59 Å². The van der Waals surface area contributed by atoms with Crippen molar-refractivity contribution in [1.29, 1.82) is 0 Å². The van der Waals surface area contributed by atoms with Crippen molar-refractivity contribution in [2.45, 2.75) is 32.7 Å². The molecule has 1 atom stereocenters. The van der Waals surface area contributed by atoms with Gasteiger partial charge in [-0.3, -0.25) is 9.59 Å². The summed E-state index contributed by atoms with van der Waals surface area (Å²) in [6, 6.07) is 1.35. The predicted octanol–water partition coefficient (Wildman–Crippen LogP) is 1.23. The number of amides is 1. The fourth-order valence-electron chi connectivity index (χ4n) is 1.76. The maximum atomic E-state index is 12.0. The number of hydrogen-bond acceptors (Lipinski definition) is 3. The maximum absolute atomic E-state index is 12.0. The van der Waals surface area contributed by atoms with Crippen LogP contribution in [0.4, 0.5) is 0 Å². The number of aryl methyl sites for hydroxylation is 1. The summed E-state index contributed by atoms with van der Waals surface area (Å²) >= 11 is 0. The second kappa shape index (κ2) is 6.96. The molecule has 1 rings (SSSR count). The number of H-pyrrole nitrogens is 1. The van der Waals surface area contributed by atoms with Crippen LogP contribution in [0.15, 0.2) is 17.1 Å². The largest absolute Gasteiger partial charge is 0.383 e. The molecule has 0 radical (unpaired) electrons. The second-order valence-electron chi connectivity index (χ2n) is 4.31. The van der Waals surface area contributed by atoms with Crippen molar-refractivity contribution in [2.75, 3.05) is 13.7 Å². The van der Waals surface area contributed by atoms with Crippen LogP contribution in [-0.2, 0) is 4.74 Å². The van der Waals surface area contributed by atoms with Gasteiger partial charge in [-0.15, -0.1) is 0 Å². The molecule has 1 unspecified atom stereocenters. The molecule has 1 aromatic heterocycles. The topological polar surface area (TPSA) is 71.2 Å². The third kappa shape index (κ3) is 4.00. The Bertz CT molecular complexity index is 448. The summed E-state index contributed by atoms with van der Waals surface area (Å²) in [6.07, 6.45) is 3.21. The van der Waals surface area contributed by atoms with E-state index in [1.54, 1.807) is 14.0 Å². The van der Waals surface area contributed by atoms with Gasteiger partial charge >= 0.3 is 0 Å². The van der Waals surface area contributed by atoms with Crippen molar-refractivity contribution in [3.05, 3.63) is 33.7 Å². The van der Waals surface area contributed by atoms with Gasteiger partial charge in [-0.05, 0) is 13.3 Å². The molecule has 0 spiro atoms. The average Bonchev–Trinajstić information content (AvgIpc) is 2.29. The molecule has 0 saturated carbocycles. The van der Waals surface area contributed by atoms with Crippen molar-refractivity contribution in [2.24, 2.45) is 0 Å². The summed E-state index contributed by atoms with van der Waals surface area (Å²) in [5.74, 6) is -0.355. The van der Waals surface area contributed by atoms with E-state index in [0.29, 0.717) is 6.61 Å². The summed E-state index contributed by atoms with van der Waals surface area (Å²) in [5.41, 5.74) is 0.604. The quantitative estimate of drug-likeness (QED) is 0.800. The highest BCUT2D eigenvalue weighted by Crippen LogP contribution is 1.99. The fraction of sp³-hybridized carbons (Fsp3) is 0.538. The van der Waals surface area contributed by atoms with Crippen molar-refractivity contribution in [3.8, 4) is 0 Å². The van der Waals surface area contributed by atoms with Crippen LogP contribution in [0.3, 0.4) is 0 Å². The first-order valence-corrected chi connectivity index (χ1v) is 6.07. The molecular formula is C13H20N2O3. The number of aromatic nitrogens is 1. The molecule has 0 bridgehead atoms. The molecule has 5 heteroatoms. The van der Waals surface area contributed by atoms with Gasteiger partial charge < -0.3 is 15.0 Å². The van der Waals surface area contributed by atoms with Crippen molar-refractivity contribution in [1.82, 2.24) is 10.3 Å². The Labute approximate surface area is 107 Å². The van der Waals surface area contributed by atoms with Gasteiger partial charge in [0, 0.05) is 25.1 Å². The number of carbonyl (C=O) groups is 1. The van der Waals surface area contributed by atoms with Gasteiger partial charge in [0.15, 0.2) is 5.43 Å². The van der Waals surface area contributed by atoms with E-state index in [0.717, 1.165) is 18.5 Å². The first-order chi connectivity index (χ1) is 8.58. The third-order valence-electron chi connectivity index (χ3n) is 2.64. The average molecular weight is 252 g/mol. The normalized spacial score (nSPS) is 12.2. The first kappa shape index (κ1) is 14.4. The standard InChI is InChI=1S/C13H20N2O3/c1-4-5-10(8-18-3)15-13(17)11-7-14-9(2)6-12(11)16/h6-7,10H,4-5,8H2,1-3H3,(H,14,16)(H,15,17). The summed E-state index contributed by atoms with van der Waals surface area (Å²) in [5, 5.41) is 2.81. The number of aromatic amines is 1.